The average molecular weight is 242 g/mol. The summed E-state index contributed by atoms with van der Waals surface area (Å²) < 4.78 is 11.2. The highest BCUT2D eigenvalue weighted by Gasteiger charge is 2.26. The maximum atomic E-state index is 11.8. The monoisotopic (exact) mass is 242 g/mol. The van der Waals surface area contributed by atoms with E-state index in [9.17, 15) is 9.00 Å². The lowest BCUT2D eigenvalue weighted by Gasteiger charge is -2.23. The summed E-state index contributed by atoms with van der Waals surface area (Å²) in [4.78, 5) is 11.8. The van der Waals surface area contributed by atoms with Crippen molar-refractivity contribution in [2.45, 2.75) is 31.3 Å². The molecule has 4 nitrogen and oxygen atoms in total. The van der Waals surface area contributed by atoms with E-state index in [0.29, 0.717) is 17.9 Å². The molecule has 1 aliphatic heterocycles. The third-order valence-electron chi connectivity index (χ3n) is 3.19. The van der Waals surface area contributed by atoms with Crippen LogP contribution < -0.4 is 11.1 Å². The number of hydrogen-bond acceptors (Lipinski definition) is 3. The lowest BCUT2D eigenvalue weighted by Crippen LogP contribution is -2.42. The summed E-state index contributed by atoms with van der Waals surface area (Å²) >= 11 is 0. The molecule has 1 fully saturated rings. The lowest BCUT2D eigenvalue weighted by molar-refractivity contribution is -0.124. The van der Waals surface area contributed by atoms with E-state index < -0.39 is 10.8 Å². The molecule has 1 aliphatic carbocycles. The van der Waals surface area contributed by atoms with Crippen LogP contribution in [0.3, 0.4) is 0 Å². The van der Waals surface area contributed by atoms with E-state index in [-0.39, 0.29) is 23.9 Å². The van der Waals surface area contributed by atoms with Gasteiger partial charge in [-0.1, -0.05) is 12.2 Å². The van der Waals surface area contributed by atoms with Crippen molar-refractivity contribution in [2.24, 2.45) is 11.7 Å². The van der Waals surface area contributed by atoms with E-state index in [4.69, 9.17) is 5.73 Å². The van der Waals surface area contributed by atoms with Crippen LogP contribution in [0.1, 0.15) is 19.3 Å². The first-order valence-corrected chi connectivity index (χ1v) is 7.23. The Hall–Kier alpha value is -0.680. The minimum Gasteiger partial charge on any atom is -0.353 e. The fourth-order valence-electron chi connectivity index (χ4n) is 2.17. The standard InChI is InChI=1S/C11H18N2O2S/c12-9-2-1-8(7-9)11(14)13-10-3-5-16(15)6-4-10/h1-2,8-10H,3-7,12H2,(H,13,14). The van der Waals surface area contributed by atoms with E-state index in [0.717, 1.165) is 12.8 Å². The molecule has 2 unspecified atom stereocenters. The highest BCUT2D eigenvalue weighted by molar-refractivity contribution is 7.85. The van der Waals surface area contributed by atoms with Crippen LogP contribution in [0.15, 0.2) is 12.2 Å². The highest BCUT2D eigenvalue weighted by atomic mass is 32.2. The summed E-state index contributed by atoms with van der Waals surface area (Å²) in [6.07, 6.45) is 6.16. The number of nitrogens with one attached hydrogen (secondary N) is 1. The molecule has 0 radical (unpaired) electrons. The van der Waals surface area contributed by atoms with Gasteiger partial charge in [0.15, 0.2) is 0 Å². The number of hydrogen-bond donors (Lipinski definition) is 2. The topological polar surface area (TPSA) is 72.2 Å². The summed E-state index contributed by atoms with van der Waals surface area (Å²) in [5.41, 5.74) is 5.71. The smallest absolute Gasteiger partial charge is 0.227 e. The Bertz CT molecular complexity index is 320. The quantitative estimate of drug-likeness (QED) is 0.665. The molecule has 1 heterocycles. The molecule has 0 aromatic carbocycles. The van der Waals surface area contributed by atoms with Crippen LogP contribution in [0.2, 0.25) is 0 Å². The van der Waals surface area contributed by atoms with Crippen LogP contribution in [0.4, 0.5) is 0 Å². The summed E-state index contributed by atoms with van der Waals surface area (Å²) in [5, 5.41) is 3.02. The van der Waals surface area contributed by atoms with E-state index in [1.807, 2.05) is 12.2 Å². The first-order valence-electron chi connectivity index (χ1n) is 5.74. The predicted octanol–water partition coefficient (Wildman–Crippen LogP) is -0.0829. The van der Waals surface area contributed by atoms with Gasteiger partial charge in [-0.3, -0.25) is 9.00 Å². The molecule has 5 heteroatoms. The fourth-order valence-corrected chi connectivity index (χ4v) is 3.47. The van der Waals surface area contributed by atoms with Gasteiger partial charge in [-0.05, 0) is 19.3 Å². The zero-order valence-corrected chi connectivity index (χ0v) is 10.0. The summed E-state index contributed by atoms with van der Waals surface area (Å²) in [6.45, 7) is 0. The Labute approximate surface area is 98.1 Å². The molecule has 2 aliphatic rings. The van der Waals surface area contributed by atoms with Gasteiger partial charge in [-0.15, -0.1) is 0 Å². The van der Waals surface area contributed by atoms with Crippen molar-refractivity contribution in [2.75, 3.05) is 11.5 Å². The van der Waals surface area contributed by atoms with Gasteiger partial charge in [0.2, 0.25) is 5.91 Å². The van der Waals surface area contributed by atoms with Gasteiger partial charge < -0.3 is 11.1 Å². The van der Waals surface area contributed by atoms with Gasteiger partial charge in [0.05, 0.1) is 5.92 Å². The van der Waals surface area contributed by atoms with E-state index in [1.165, 1.54) is 0 Å². The van der Waals surface area contributed by atoms with Crippen molar-refractivity contribution in [1.82, 2.24) is 5.32 Å². The number of carbonyl (C=O) groups is 1. The van der Waals surface area contributed by atoms with Crippen LogP contribution in [0.25, 0.3) is 0 Å². The molecule has 1 amide bonds. The number of carbonyl (C=O) groups excluding carboxylic acids is 1. The Balaban J connectivity index is 1.79. The zero-order chi connectivity index (χ0) is 11.5. The van der Waals surface area contributed by atoms with Crippen molar-refractivity contribution in [3.05, 3.63) is 12.2 Å². The lowest BCUT2D eigenvalue weighted by atomic mass is 10.1. The Morgan fingerprint density at radius 1 is 1.31 bits per heavy atom. The molecule has 16 heavy (non-hydrogen) atoms. The summed E-state index contributed by atoms with van der Waals surface area (Å²) in [6, 6.07) is 0.227. The van der Waals surface area contributed by atoms with Crippen molar-refractivity contribution in [3.63, 3.8) is 0 Å². The first kappa shape index (κ1) is 11.8. The summed E-state index contributed by atoms with van der Waals surface area (Å²) in [5.74, 6) is 1.43. The Kier molecular flexibility index (Phi) is 3.76. The molecule has 0 spiro atoms. The SMILES string of the molecule is NC1C=CC(C(=O)NC2CCS(=O)CC2)C1. The van der Waals surface area contributed by atoms with Gasteiger partial charge in [-0.2, -0.15) is 0 Å². The third kappa shape index (κ3) is 2.92. The molecule has 1 saturated heterocycles. The van der Waals surface area contributed by atoms with Gasteiger partial charge in [0.1, 0.15) is 0 Å². The molecular formula is C11H18N2O2S. The van der Waals surface area contributed by atoms with Crippen LogP contribution in [-0.2, 0) is 15.6 Å². The van der Waals surface area contributed by atoms with Crippen LogP contribution in [0.5, 0.6) is 0 Å². The summed E-state index contributed by atoms with van der Waals surface area (Å²) in [7, 11) is -0.669. The van der Waals surface area contributed by atoms with Gasteiger partial charge >= 0.3 is 0 Å². The van der Waals surface area contributed by atoms with Gasteiger partial charge in [-0.25, -0.2) is 0 Å². The van der Waals surface area contributed by atoms with Crippen molar-refractivity contribution in [1.29, 1.82) is 0 Å². The van der Waals surface area contributed by atoms with Crippen LogP contribution >= 0.6 is 0 Å². The van der Waals surface area contributed by atoms with Crippen LogP contribution in [0, 0.1) is 5.92 Å². The second-order valence-electron chi connectivity index (χ2n) is 4.52. The van der Waals surface area contributed by atoms with E-state index in [1.54, 1.807) is 0 Å². The maximum absolute atomic E-state index is 11.8. The molecule has 3 N–H and O–H groups in total. The molecule has 0 bridgehead atoms. The predicted molar refractivity (Wildman–Crippen MR) is 64.3 cm³/mol. The second kappa shape index (κ2) is 5.10. The molecular weight excluding hydrogens is 224 g/mol. The number of rotatable bonds is 2. The van der Waals surface area contributed by atoms with Crippen molar-refractivity contribution >= 4 is 16.7 Å². The van der Waals surface area contributed by atoms with Gasteiger partial charge in [0, 0.05) is 34.4 Å². The fraction of sp³-hybridized carbons (Fsp3) is 0.727. The van der Waals surface area contributed by atoms with E-state index in [2.05, 4.69) is 5.32 Å². The second-order valence-corrected chi connectivity index (χ2v) is 6.22. The molecule has 0 saturated carbocycles. The minimum atomic E-state index is -0.669. The van der Waals surface area contributed by atoms with Gasteiger partial charge in [0.25, 0.3) is 0 Å². The Morgan fingerprint density at radius 2 is 2.00 bits per heavy atom. The molecule has 90 valence electrons. The minimum absolute atomic E-state index is 0.0228. The zero-order valence-electron chi connectivity index (χ0n) is 9.22. The Morgan fingerprint density at radius 3 is 2.56 bits per heavy atom. The van der Waals surface area contributed by atoms with Crippen molar-refractivity contribution < 1.29 is 9.00 Å². The number of amides is 1. The molecule has 0 aromatic rings. The highest BCUT2D eigenvalue weighted by Crippen LogP contribution is 2.17. The molecule has 2 rings (SSSR count). The largest absolute Gasteiger partial charge is 0.353 e. The normalized spacial score (nSPS) is 38.6. The average Bonchev–Trinajstić information content (AvgIpc) is 2.68. The number of nitrogens with two attached hydrogens (primary N) is 1. The first-order chi connectivity index (χ1) is 7.65. The maximum Gasteiger partial charge on any atom is 0.227 e. The molecule has 0 aromatic heterocycles. The van der Waals surface area contributed by atoms with Crippen LogP contribution in [-0.4, -0.2) is 33.7 Å². The van der Waals surface area contributed by atoms with E-state index >= 15 is 0 Å². The molecule has 2 atom stereocenters. The third-order valence-corrected chi connectivity index (χ3v) is 4.57. The van der Waals surface area contributed by atoms with Crippen molar-refractivity contribution in [3.8, 4) is 0 Å².